The number of benzene rings is 1. The highest BCUT2D eigenvalue weighted by Crippen LogP contribution is 2.43. The second kappa shape index (κ2) is 6.74. The average Bonchev–Trinajstić information content (AvgIpc) is 2.56. The van der Waals surface area contributed by atoms with Gasteiger partial charge in [-0.1, -0.05) is 66.6 Å². The van der Waals surface area contributed by atoms with Gasteiger partial charge in [0.15, 0.2) is 0 Å². The number of hydrogen-bond donors (Lipinski definition) is 1. The lowest BCUT2D eigenvalue weighted by atomic mass is 9.69. The van der Waals surface area contributed by atoms with Gasteiger partial charge in [0.05, 0.1) is 5.41 Å². The Kier molecular flexibility index (Phi) is 4.91. The molecule has 0 atom stereocenters. The fourth-order valence-corrected chi connectivity index (χ4v) is 5.05. The van der Waals surface area contributed by atoms with Crippen LogP contribution in [0.1, 0.15) is 81.3 Å². The molecule has 0 heterocycles. The highest BCUT2D eigenvalue weighted by molar-refractivity contribution is 9.10. The zero-order chi connectivity index (χ0) is 15.6. The SMILES string of the molecule is O=C(O)C1(c2ccc(C3CCCCC3)c(Br)c2)CCCCC1. The maximum Gasteiger partial charge on any atom is 0.314 e. The van der Waals surface area contributed by atoms with Crippen molar-refractivity contribution in [3.8, 4) is 0 Å². The number of halogens is 1. The lowest BCUT2D eigenvalue weighted by molar-refractivity contribution is -0.145. The van der Waals surface area contributed by atoms with E-state index in [-0.39, 0.29) is 0 Å². The number of rotatable bonds is 3. The van der Waals surface area contributed by atoms with Crippen LogP contribution < -0.4 is 0 Å². The molecule has 2 saturated carbocycles. The number of carboxylic acid groups (broad SMARTS) is 1. The van der Waals surface area contributed by atoms with Crippen LogP contribution in [0.3, 0.4) is 0 Å². The van der Waals surface area contributed by atoms with Crippen LogP contribution in [0.4, 0.5) is 0 Å². The molecule has 1 aromatic carbocycles. The second-order valence-electron chi connectivity index (χ2n) is 7.02. The molecule has 2 fully saturated rings. The maximum absolute atomic E-state index is 12.0. The molecule has 22 heavy (non-hydrogen) atoms. The van der Waals surface area contributed by atoms with E-state index in [9.17, 15) is 9.90 Å². The monoisotopic (exact) mass is 364 g/mol. The highest BCUT2D eigenvalue weighted by atomic mass is 79.9. The van der Waals surface area contributed by atoms with Gasteiger partial charge < -0.3 is 5.11 Å². The smallest absolute Gasteiger partial charge is 0.314 e. The van der Waals surface area contributed by atoms with Gasteiger partial charge in [0.2, 0.25) is 0 Å². The van der Waals surface area contributed by atoms with Crippen molar-refractivity contribution < 1.29 is 9.90 Å². The first-order valence-corrected chi connectivity index (χ1v) is 9.46. The standard InChI is InChI=1S/C19H25BrO2/c20-17-13-15(19(18(21)22)11-5-2-6-12-19)9-10-16(17)14-7-3-1-4-8-14/h9-10,13-14H,1-8,11-12H2,(H,21,22). The molecular weight excluding hydrogens is 340 g/mol. The van der Waals surface area contributed by atoms with E-state index in [2.05, 4.69) is 34.1 Å². The number of aliphatic carboxylic acids is 1. The van der Waals surface area contributed by atoms with E-state index in [1.807, 2.05) is 0 Å². The lowest BCUT2D eigenvalue weighted by Gasteiger charge is -2.34. The second-order valence-corrected chi connectivity index (χ2v) is 7.87. The Hall–Kier alpha value is -0.830. The molecule has 0 bridgehead atoms. The van der Waals surface area contributed by atoms with Crippen molar-refractivity contribution in [2.24, 2.45) is 0 Å². The van der Waals surface area contributed by atoms with Gasteiger partial charge in [-0.2, -0.15) is 0 Å². The van der Waals surface area contributed by atoms with Crippen molar-refractivity contribution in [1.29, 1.82) is 0 Å². The molecule has 0 aromatic heterocycles. The van der Waals surface area contributed by atoms with Crippen LogP contribution in [-0.2, 0) is 10.2 Å². The molecule has 2 aliphatic carbocycles. The van der Waals surface area contributed by atoms with Gasteiger partial charge in [0, 0.05) is 4.47 Å². The minimum atomic E-state index is -0.661. The van der Waals surface area contributed by atoms with Gasteiger partial charge in [-0.3, -0.25) is 4.79 Å². The first-order valence-electron chi connectivity index (χ1n) is 8.67. The molecule has 2 aliphatic rings. The van der Waals surface area contributed by atoms with Crippen molar-refractivity contribution in [3.63, 3.8) is 0 Å². The summed E-state index contributed by atoms with van der Waals surface area (Å²) in [6.07, 6.45) is 11.3. The number of carbonyl (C=O) groups is 1. The van der Waals surface area contributed by atoms with E-state index < -0.39 is 11.4 Å². The topological polar surface area (TPSA) is 37.3 Å². The van der Waals surface area contributed by atoms with Crippen molar-refractivity contribution in [3.05, 3.63) is 33.8 Å². The lowest BCUT2D eigenvalue weighted by Crippen LogP contribution is -2.37. The molecule has 0 saturated heterocycles. The molecule has 3 heteroatoms. The van der Waals surface area contributed by atoms with E-state index >= 15 is 0 Å². The summed E-state index contributed by atoms with van der Waals surface area (Å²) in [5.41, 5.74) is 1.71. The quantitative estimate of drug-likeness (QED) is 0.737. The summed E-state index contributed by atoms with van der Waals surface area (Å²) in [7, 11) is 0. The van der Waals surface area contributed by atoms with Gasteiger partial charge in [0.1, 0.15) is 0 Å². The third-order valence-electron chi connectivity index (χ3n) is 5.71. The Morgan fingerprint density at radius 2 is 1.68 bits per heavy atom. The fourth-order valence-electron chi connectivity index (χ4n) is 4.35. The molecule has 0 aliphatic heterocycles. The van der Waals surface area contributed by atoms with E-state index in [1.165, 1.54) is 37.7 Å². The third-order valence-corrected chi connectivity index (χ3v) is 6.40. The van der Waals surface area contributed by atoms with Crippen LogP contribution in [0, 0.1) is 0 Å². The summed E-state index contributed by atoms with van der Waals surface area (Å²) in [6, 6.07) is 6.38. The molecule has 0 unspecified atom stereocenters. The molecular formula is C19H25BrO2. The van der Waals surface area contributed by atoms with Crippen LogP contribution in [0.25, 0.3) is 0 Å². The summed E-state index contributed by atoms with van der Waals surface area (Å²) < 4.78 is 1.11. The first-order chi connectivity index (χ1) is 10.6. The Morgan fingerprint density at radius 3 is 2.27 bits per heavy atom. The van der Waals surface area contributed by atoms with Crippen LogP contribution in [-0.4, -0.2) is 11.1 Å². The Bertz CT molecular complexity index is 540. The zero-order valence-corrected chi connectivity index (χ0v) is 14.7. The fraction of sp³-hybridized carbons (Fsp3) is 0.632. The van der Waals surface area contributed by atoms with E-state index in [4.69, 9.17) is 0 Å². The molecule has 3 rings (SSSR count). The molecule has 2 nitrogen and oxygen atoms in total. The summed E-state index contributed by atoms with van der Waals surface area (Å²) in [5.74, 6) is -0.00572. The van der Waals surface area contributed by atoms with Crippen LogP contribution >= 0.6 is 15.9 Å². The Balaban J connectivity index is 1.91. The highest BCUT2D eigenvalue weighted by Gasteiger charge is 2.41. The molecule has 1 N–H and O–H groups in total. The van der Waals surface area contributed by atoms with Crippen molar-refractivity contribution in [1.82, 2.24) is 0 Å². The largest absolute Gasteiger partial charge is 0.481 e. The van der Waals surface area contributed by atoms with Gasteiger partial charge in [-0.05, 0) is 48.8 Å². The molecule has 0 radical (unpaired) electrons. The first kappa shape index (κ1) is 16.0. The third kappa shape index (κ3) is 2.97. The zero-order valence-electron chi connectivity index (χ0n) is 13.1. The van der Waals surface area contributed by atoms with E-state index in [0.717, 1.165) is 42.1 Å². The minimum Gasteiger partial charge on any atom is -0.481 e. The predicted octanol–water partition coefficient (Wildman–Crippen LogP) is 5.78. The number of hydrogen-bond acceptors (Lipinski definition) is 1. The molecule has 120 valence electrons. The summed E-state index contributed by atoms with van der Waals surface area (Å²) in [6.45, 7) is 0. The van der Waals surface area contributed by atoms with Crippen molar-refractivity contribution in [2.75, 3.05) is 0 Å². The van der Waals surface area contributed by atoms with Gasteiger partial charge in [0.25, 0.3) is 0 Å². The van der Waals surface area contributed by atoms with Gasteiger partial charge >= 0.3 is 5.97 Å². The van der Waals surface area contributed by atoms with Crippen LogP contribution in [0.15, 0.2) is 22.7 Å². The van der Waals surface area contributed by atoms with E-state index in [0.29, 0.717) is 5.92 Å². The summed E-state index contributed by atoms with van der Waals surface area (Å²) >= 11 is 3.73. The normalized spacial score (nSPS) is 22.4. The van der Waals surface area contributed by atoms with Gasteiger partial charge in [-0.15, -0.1) is 0 Å². The van der Waals surface area contributed by atoms with Crippen LogP contribution in [0.2, 0.25) is 0 Å². The molecule has 1 aromatic rings. The molecule has 0 spiro atoms. The molecule has 0 amide bonds. The predicted molar refractivity (Wildman–Crippen MR) is 92.4 cm³/mol. The van der Waals surface area contributed by atoms with Crippen molar-refractivity contribution in [2.45, 2.75) is 75.5 Å². The number of carboxylic acids is 1. The maximum atomic E-state index is 12.0. The minimum absolute atomic E-state index is 0.643. The summed E-state index contributed by atoms with van der Waals surface area (Å²) in [5, 5.41) is 9.84. The summed E-state index contributed by atoms with van der Waals surface area (Å²) in [4.78, 5) is 12.0. The van der Waals surface area contributed by atoms with Crippen LogP contribution in [0.5, 0.6) is 0 Å². The Labute approximate surface area is 141 Å². The van der Waals surface area contributed by atoms with Crippen molar-refractivity contribution >= 4 is 21.9 Å². The van der Waals surface area contributed by atoms with E-state index in [1.54, 1.807) is 0 Å². The Morgan fingerprint density at radius 1 is 1.05 bits per heavy atom. The average molecular weight is 365 g/mol. The van der Waals surface area contributed by atoms with Gasteiger partial charge in [-0.25, -0.2) is 0 Å².